The molecule has 0 saturated heterocycles. The van der Waals surface area contributed by atoms with Crippen molar-refractivity contribution in [3.63, 3.8) is 0 Å². The molecule has 1 amide bonds. The van der Waals surface area contributed by atoms with Gasteiger partial charge in [-0.25, -0.2) is 0 Å². The first kappa shape index (κ1) is 15.8. The fourth-order valence-corrected chi connectivity index (χ4v) is 1.61. The summed E-state index contributed by atoms with van der Waals surface area (Å²) in [7, 11) is 0. The van der Waals surface area contributed by atoms with Crippen LogP contribution in [-0.2, 0) is 0 Å². The van der Waals surface area contributed by atoms with E-state index < -0.39 is 19.2 Å². The summed E-state index contributed by atoms with van der Waals surface area (Å²) in [5.41, 5.74) is 0.452. The molecular weight excluding hydrogens is 297 g/mol. The Labute approximate surface area is 124 Å². The van der Waals surface area contributed by atoms with Crippen molar-refractivity contribution in [2.24, 2.45) is 0 Å². The second-order valence-corrected chi connectivity index (χ2v) is 4.39. The van der Waals surface area contributed by atoms with Crippen LogP contribution in [0.15, 0.2) is 48.5 Å². The second-order valence-electron chi connectivity index (χ2n) is 4.39. The molecule has 0 unspecified atom stereocenters. The fourth-order valence-electron chi connectivity index (χ4n) is 1.61. The van der Waals surface area contributed by atoms with Crippen molar-refractivity contribution in [1.82, 2.24) is 4.98 Å². The quantitative estimate of drug-likeness (QED) is 0.917. The summed E-state index contributed by atoms with van der Waals surface area (Å²) in [4.78, 5) is 15.9. The van der Waals surface area contributed by atoms with Crippen LogP contribution in [0.1, 0.15) is 16.8 Å². The zero-order valence-electron chi connectivity index (χ0n) is 11.4. The highest BCUT2D eigenvalue weighted by Crippen LogP contribution is 2.20. The van der Waals surface area contributed by atoms with Crippen LogP contribution in [0.25, 0.3) is 0 Å². The molecule has 0 saturated carbocycles. The molecule has 2 aromatic rings. The van der Waals surface area contributed by atoms with Crippen LogP contribution in [0.4, 0.5) is 19.0 Å². The van der Waals surface area contributed by atoms with E-state index in [9.17, 15) is 18.0 Å². The maximum atomic E-state index is 12.0. The molecule has 0 aliphatic carbocycles. The van der Waals surface area contributed by atoms with E-state index in [4.69, 9.17) is 4.74 Å². The molecule has 0 spiro atoms. The van der Waals surface area contributed by atoms with Gasteiger partial charge in [-0.2, -0.15) is 18.2 Å². The molecule has 4 nitrogen and oxygen atoms in total. The molecule has 1 aromatic carbocycles. The van der Waals surface area contributed by atoms with Gasteiger partial charge in [-0.3, -0.25) is 4.79 Å². The molecule has 0 bridgehead atoms. The summed E-state index contributed by atoms with van der Waals surface area (Å²) < 4.78 is 41.0. The maximum absolute atomic E-state index is 12.0. The smallest absolute Gasteiger partial charge is 0.392 e. The van der Waals surface area contributed by atoms with E-state index in [1.165, 1.54) is 18.2 Å². The average Bonchev–Trinajstić information content (AvgIpc) is 2.47. The van der Waals surface area contributed by atoms with Gasteiger partial charge in [0.05, 0.1) is 13.0 Å². The molecule has 2 rings (SSSR count). The topological polar surface area (TPSA) is 51.2 Å². The molecule has 0 radical (unpaired) electrons. The minimum Gasteiger partial charge on any atom is -0.477 e. The van der Waals surface area contributed by atoms with Gasteiger partial charge >= 0.3 is 6.18 Å². The summed E-state index contributed by atoms with van der Waals surface area (Å²) >= 11 is 0. The monoisotopic (exact) mass is 310 g/mol. The minimum atomic E-state index is -4.28. The Morgan fingerprint density at radius 1 is 1.09 bits per heavy atom. The Bertz CT molecular complexity index is 630. The van der Waals surface area contributed by atoms with Crippen LogP contribution in [-0.4, -0.2) is 23.7 Å². The lowest BCUT2D eigenvalue weighted by molar-refractivity contribution is -0.139. The molecule has 0 fully saturated rings. The summed E-state index contributed by atoms with van der Waals surface area (Å²) in [5.74, 6) is -0.131. The van der Waals surface area contributed by atoms with Crippen molar-refractivity contribution >= 4 is 11.7 Å². The van der Waals surface area contributed by atoms with E-state index in [-0.39, 0.29) is 17.6 Å². The number of aromatic nitrogens is 1. The molecule has 0 aliphatic rings. The van der Waals surface area contributed by atoms with Gasteiger partial charge in [0.15, 0.2) is 0 Å². The van der Waals surface area contributed by atoms with Crippen molar-refractivity contribution < 1.29 is 22.7 Å². The number of benzene rings is 1. The third-order valence-electron chi connectivity index (χ3n) is 2.64. The highest BCUT2D eigenvalue weighted by Gasteiger charge is 2.26. The normalized spacial score (nSPS) is 11.0. The van der Waals surface area contributed by atoms with Gasteiger partial charge in [-0.15, -0.1) is 0 Å². The van der Waals surface area contributed by atoms with Crippen LogP contribution in [0, 0.1) is 0 Å². The van der Waals surface area contributed by atoms with E-state index in [1.807, 2.05) is 0 Å². The zero-order chi connectivity index (χ0) is 16.0. The van der Waals surface area contributed by atoms with E-state index in [0.29, 0.717) is 5.56 Å². The molecular formula is C15H13F3N2O2. The van der Waals surface area contributed by atoms with Crippen molar-refractivity contribution in [2.45, 2.75) is 12.6 Å². The minimum absolute atomic E-state index is 0.0233. The molecule has 1 heterocycles. The highest BCUT2D eigenvalue weighted by molar-refractivity contribution is 6.03. The SMILES string of the molecule is O=C(Nc1cccc(OCCC(F)(F)F)n1)c1ccccc1. The largest absolute Gasteiger partial charge is 0.477 e. The standard InChI is InChI=1S/C15H13F3N2O2/c16-15(17,18)9-10-22-13-8-4-7-12(19-13)20-14(21)11-5-2-1-3-6-11/h1-8H,9-10H2,(H,19,20,21). The molecule has 116 valence electrons. The predicted octanol–water partition coefficient (Wildman–Crippen LogP) is 3.67. The molecule has 0 aliphatic heterocycles. The number of hydrogen-bond acceptors (Lipinski definition) is 3. The van der Waals surface area contributed by atoms with E-state index >= 15 is 0 Å². The lowest BCUT2D eigenvalue weighted by atomic mass is 10.2. The first-order valence-corrected chi connectivity index (χ1v) is 6.47. The summed E-state index contributed by atoms with van der Waals surface area (Å²) in [6.45, 7) is -0.521. The number of pyridine rings is 1. The fraction of sp³-hybridized carbons (Fsp3) is 0.200. The molecule has 22 heavy (non-hydrogen) atoms. The molecule has 0 atom stereocenters. The van der Waals surface area contributed by atoms with E-state index in [0.717, 1.165) is 0 Å². The van der Waals surface area contributed by atoms with Crippen molar-refractivity contribution in [1.29, 1.82) is 0 Å². The molecule has 7 heteroatoms. The number of anilines is 1. The Hall–Kier alpha value is -2.57. The van der Waals surface area contributed by atoms with Crippen LogP contribution in [0.3, 0.4) is 0 Å². The van der Waals surface area contributed by atoms with E-state index in [2.05, 4.69) is 10.3 Å². The third-order valence-corrected chi connectivity index (χ3v) is 2.64. The number of alkyl halides is 3. The van der Waals surface area contributed by atoms with Gasteiger partial charge in [0.1, 0.15) is 5.82 Å². The number of carbonyl (C=O) groups excluding carboxylic acids is 1. The van der Waals surface area contributed by atoms with Crippen LogP contribution in [0.2, 0.25) is 0 Å². The second kappa shape index (κ2) is 6.93. The number of halogens is 3. The number of rotatable bonds is 5. The lowest BCUT2D eigenvalue weighted by Gasteiger charge is -2.09. The Morgan fingerprint density at radius 2 is 1.82 bits per heavy atom. The number of ether oxygens (including phenoxy) is 1. The van der Waals surface area contributed by atoms with Crippen LogP contribution >= 0.6 is 0 Å². The van der Waals surface area contributed by atoms with Gasteiger partial charge in [0.2, 0.25) is 5.88 Å². The molecule has 1 aromatic heterocycles. The average molecular weight is 310 g/mol. The van der Waals surface area contributed by atoms with E-state index in [1.54, 1.807) is 30.3 Å². The van der Waals surface area contributed by atoms with Crippen molar-refractivity contribution in [3.05, 3.63) is 54.1 Å². The Balaban J connectivity index is 1.95. The number of amides is 1. The Kier molecular flexibility index (Phi) is 4.98. The Morgan fingerprint density at radius 3 is 2.50 bits per heavy atom. The summed E-state index contributed by atoms with van der Waals surface area (Å²) in [5, 5.41) is 2.55. The number of hydrogen-bond donors (Lipinski definition) is 1. The van der Waals surface area contributed by atoms with Gasteiger partial charge in [-0.1, -0.05) is 24.3 Å². The first-order valence-electron chi connectivity index (χ1n) is 6.47. The van der Waals surface area contributed by atoms with Gasteiger partial charge in [-0.05, 0) is 18.2 Å². The van der Waals surface area contributed by atoms with Gasteiger partial charge in [0.25, 0.3) is 5.91 Å². The number of carbonyl (C=O) groups is 1. The number of nitrogens with one attached hydrogen (secondary N) is 1. The summed E-state index contributed by atoms with van der Waals surface area (Å²) in [6.07, 6.45) is -5.34. The van der Waals surface area contributed by atoms with Crippen LogP contribution in [0.5, 0.6) is 5.88 Å². The third kappa shape index (κ3) is 5.08. The predicted molar refractivity (Wildman–Crippen MR) is 74.8 cm³/mol. The van der Waals surface area contributed by atoms with Gasteiger partial charge in [0, 0.05) is 11.6 Å². The van der Waals surface area contributed by atoms with Crippen molar-refractivity contribution in [2.75, 3.05) is 11.9 Å². The first-order chi connectivity index (χ1) is 10.4. The number of nitrogens with zero attached hydrogens (tertiary/aromatic N) is 1. The summed E-state index contributed by atoms with van der Waals surface area (Å²) in [6, 6.07) is 13.0. The maximum Gasteiger partial charge on any atom is 0.392 e. The van der Waals surface area contributed by atoms with Crippen LogP contribution < -0.4 is 10.1 Å². The van der Waals surface area contributed by atoms with Crippen molar-refractivity contribution in [3.8, 4) is 5.88 Å². The lowest BCUT2D eigenvalue weighted by Crippen LogP contribution is -2.15. The highest BCUT2D eigenvalue weighted by atomic mass is 19.4. The molecule has 1 N–H and O–H groups in total. The zero-order valence-corrected chi connectivity index (χ0v) is 11.4. The van der Waals surface area contributed by atoms with Gasteiger partial charge < -0.3 is 10.1 Å².